The first-order valence-corrected chi connectivity index (χ1v) is 11.3. The summed E-state index contributed by atoms with van der Waals surface area (Å²) in [5, 5.41) is 1.55. The van der Waals surface area contributed by atoms with Gasteiger partial charge < -0.3 is 9.72 Å². The van der Waals surface area contributed by atoms with Crippen molar-refractivity contribution in [3.63, 3.8) is 0 Å². The van der Waals surface area contributed by atoms with Crippen molar-refractivity contribution in [1.29, 1.82) is 0 Å². The number of benzene rings is 1. The molecule has 4 nitrogen and oxygen atoms in total. The van der Waals surface area contributed by atoms with Gasteiger partial charge in [0.25, 0.3) is 5.56 Å². The molecule has 142 valence electrons. The van der Waals surface area contributed by atoms with Crippen LogP contribution in [0.5, 0.6) is 5.75 Å². The van der Waals surface area contributed by atoms with Crippen LogP contribution in [0.25, 0.3) is 10.2 Å². The SMILES string of the molecule is Cc1cccc(OCCCSc2nc3sc4c(c3c(=O)[nH]2)CCC(C)C4)c1. The van der Waals surface area contributed by atoms with E-state index in [1.807, 2.05) is 18.2 Å². The standard InChI is InChI=1S/C21H24N2O2S2/c1-13-5-3-6-15(11-13)25-9-4-10-26-21-22-19(24)18-16-8-7-14(2)12-17(16)27-20(18)23-21/h3,5-6,11,14H,4,7-10,12H2,1-2H3,(H,22,23,24). The average Bonchev–Trinajstić information content (AvgIpc) is 2.99. The Bertz CT molecular complexity index is 1010. The van der Waals surface area contributed by atoms with Crippen molar-refractivity contribution < 1.29 is 4.74 Å². The number of thioether (sulfide) groups is 1. The summed E-state index contributed by atoms with van der Waals surface area (Å²) in [6.45, 7) is 5.00. The topological polar surface area (TPSA) is 55.0 Å². The lowest BCUT2D eigenvalue weighted by atomic mass is 9.89. The van der Waals surface area contributed by atoms with Gasteiger partial charge in [0.05, 0.1) is 12.0 Å². The minimum absolute atomic E-state index is 0.0190. The van der Waals surface area contributed by atoms with Crippen LogP contribution in [0.2, 0.25) is 0 Å². The van der Waals surface area contributed by atoms with Crippen LogP contribution in [-0.4, -0.2) is 22.3 Å². The molecule has 6 heteroatoms. The smallest absolute Gasteiger partial charge is 0.260 e. The number of hydrogen-bond acceptors (Lipinski definition) is 5. The molecule has 3 aromatic rings. The van der Waals surface area contributed by atoms with Gasteiger partial charge in [-0.15, -0.1) is 11.3 Å². The Kier molecular flexibility index (Phi) is 5.55. The molecule has 0 radical (unpaired) electrons. The van der Waals surface area contributed by atoms with Gasteiger partial charge in [0.1, 0.15) is 10.6 Å². The molecule has 27 heavy (non-hydrogen) atoms. The van der Waals surface area contributed by atoms with Crippen molar-refractivity contribution in [2.24, 2.45) is 5.92 Å². The van der Waals surface area contributed by atoms with E-state index in [1.165, 1.54) is 16.0 Å². The molecule has 4 rings (SSSR count). The fourth-order valence-corrected chi connectivity index (χ4v) is 5.74. The highest BCUT2D eigenvalue weighted by Crippen LogP contribution is 2.36. The molecule has 1 aliphatic carbocycles. The van der Waals surface area contributed by atoms with E-state index in [-0.39, 0.29) is 5.56 Å². The number of hydrogen-bond donors (Lipinski definition) is 1. The number of nitrogens with zero attached hydrogens (tertiary/aromatic N) is 1. The molecule has 0 saturated heterocycles. The van der Waals surface area contributed by atoms with Crippen LogP contribution in [0, 0.1) is 12.8 Å². The van der Waals surface area contributed by atoms with Gasteiger partial charge >= 0.3 is 0 Å². The molecule has 1 aliphatic rings. The van der Waals surface area contributed by atoms with Crippen LogP contribution in [0.3, 0.4) is 0 Å². The quantitative estimate of drug-likeness (QED) is 0.360. The van der Waals surface area contributed by atoms with Gasteiger partial charge in [-0.3, -0.25) is 4.79 Å². The maximum Gasteiger partial charge on any atom is 0.260 e. The van der Waals surface area contributed by atoms with E-state index in [0.717, 1.165) is 52.6 Å². The Hall–Kier alpha value is -1.79. The second-order valence-electron chi connectivity index (χ2n) is 7.27. The van der Waals surface area contributed by atoms with Crippen LogP contribution >= 0.6 is 23.1 Å². The van der Waals surface area contributed by atoms with Crippen LogP contribution in [0.1, 0.15) is 35.8 Å². The van der Waals surface area contributed by atoms with E-state index in [4.69, 9.17) is 9.72 Å². The van der Waals surface area contributed by atoms with Crippen molar-refractivity contribution >= 4 is 33.3 Å². The molecule has 1 unspecified atom stereocenters. The maximum absolute atomic E-state index is 12.6. The Morgan fingerprint density at radius 1 is 1.41 bits per heavy atom. The van der Waals surface area contributed by atoms with Gasteiger partial charge in [-0.25, -0.2) is 4.98 Å². The molecule has 0 fully saturated rings. The van der Waals surface area contributed by atoms with E-state index in [9.17, 15) is 4.79 Å². The summed E-state index contributed by atoms with van der Waals surface area (Å²) < 4.78 is 5.78. The lowest BCUT2D eigenvalue weighted by Crippen LogP contribution is -2.13. The normalized spacial score (nSPS) is 16.4. The largest absolute Gasteiger partial charge is 0.494 e. The van der Waals surface area contributed by atoms with E-state index < -0.39 is 0 Å². The van der Waals surface area contributed by atoms with Gasteiger partial charge in [-0.2, -0.15) is 0 Å². The molecule has 0 aliphatic heterocycles. The van der Waals surface area contributed by atoms with E-state index >= 15 is 0 Å². The summed E-state index contributed by atoms with van der Waals surface area (Å²) in [4.78, 5) is 22.5. The van der Waals surface area contributed by atoms with Crippen molar-refractivity contribution in [3.05, 3.63) is 50.6 Å². The fraction of sp³-hybridized carbons (Fsp3) is 0.429. The number of fused-ring (bicyclic) bond motifs is 3. The zero-order chi connectivity index (χ0) is 18.8. The minimum Gasteiger partial charge on any atom is -0.494 e. The summed E-state index contributed by atoms with van der Waals surface area (Å²) in [5.41, 5.74) is 2.46. The number of aromatic nitrogens is 2. The van der Waals surface area contributed by atoms with Gasteiger partial charge in [0, 0.05) is 10.6 Å². The highest BCUT2D eigenvalue weighted by atomic mass is 32.2. The fourth-order valence-electron chi connectivity index (χ4n) is 3.52. The highest BCUT2D eigenvalue weighted by molar-refractivity contribution is 7.99. The summed E-state index contributed by atoms with van der Waals surface area (Å²) in [6, 6.07) is 8.08. The first-order chi connectivity index (χ1) is 13.1. The number of nitrogens with one attached hydrogen (secondary N) is 1. The van der Waals surface area contributed by atoms with E-state index in [0.29, 0.717) is 12.5 Å². The van der Waals surface area contributed by atoms with E-state index in [2.05, 4.69) is 24.9 Å². The minimum atomic E-state index is 0.0190. The molecule has 0 saturated carbocycles. The Morgan fingerprint density at radius 3 is 3.15 bits per heavy atom. The number of rotatable bonds is 6. The molecule has 0 bridgehead atoms. The summed E-state index contributed by atoms with van der Waals surface area (Å²) in [6.07, 6.45) is 4.15. The lowest BCUT2D eigenvalue weighted by molar-refractivity contribution is 0.318. The molecule has 0 amide bonds. The summed E-state index contributed by atoms with van der Waals surface area (Å²) >= 11 is 3.30. The molecule has 1 aromatic carbocycles. The second-order valence-corrected chi connectivity index (χ2v) is 9.44. The summed E-state index contributed by atoms with van der Waals surface area (Å²) in [7, 11) is 0. The van der Waals surface area contributed by atoms with Crippen molar-refractivity contribution in [2.45, 2.75) is 44.7 Å². The molecule has 1 atom stereocenters. The third-order valence-electron chi connectivity index (χ3n) is 4.93. The third kappa shape index (κ3) is 4.22. The van der Waals surface area contributed by atoms with Crippen molar-refractivity contribution in [1.82, 2.24) is 9.97 Å². The Labute approximate surface area is 167 Å². The molecule has 0 spiro atoms. The van der Waals surface area contributed by atoms with Gasteiger partial charge in [0.15, 0.2) is 5.16 Å². The predicted molar refractivity (Wildman–Crippen MR) is 113 cm³/mol. The third-order valence-corrected chi connectivity index (χ3v) is 7.04. The average molecular weight is 401 g/mol. The number of H-pyrrole nitrogens is 1. The Balaban J connectivity index is 1.37. The second kappa shape index (κ2) is 8.07. The first kappa shape index (κ1) is 18.6. The van der Waals surface area contributed by atoms with Gasteiger partial charge in [-0.05, 0) is 61.8 Å². The van der Waals surface area contributed by atoms with Gasteiger partial charge in [0.2, 0.25) is 0 Å². The monoisotopic (exact) mass is 400 g/mol. The number of thiophene rings is 1. The summed E-state index contributed by atoms with van der Waals surface area (Å²) in [5.74, 6) is 2.47. The van der Waals surface area contributed by atoms with Crippen LogP contribution in [0.15, 0.2) is 34.2 Å². The van der Waals surface area contributed by atoms with Crippen LogP contribution in [0.4, 0.5) is 0 Å². The highest BCUT2D eigenvalue weighted by Gasteiger charge is 2.23. The van der Waals surface area contributed by atoms with E-state index in [1.54, 1.807) is 23.1 Å². The maximum atomic E-state index is 12.6. The van der Waals surface area contributed by atoms with Crippen molar-refractivity contribution in [3.8, 4) is 5.75 Å². The number of ether oxygens (including phenoxy) is 1. The predicted octanol–water partition coefficient (Wildman–Crippen LogP) is 4.98. The van der Waals surface area contributed by atoms with Crippen molar-refractivity contribution in [2.75, 3.05) is 12.4 Å². The molecular weight excluding hydrogens is 376 g/mol. The van der Waals surface area contributed by atoms with Crippen LogP contribution < -0.4 is 10.3 Å². The Morgan fingerprint density at radius 2 is 2.30 bits per heavy atom. The number of aryl methyl sites for hydroxylation is 2. The van der Waals surface area contributed by atoms with Crippen LogP contribution in [-0.2, 0) is 12.8 Å². The molecule has 2 aromatic heterocycles. The zero-order valence-corrected chi connectivity index (χ0v) is 17.3. The lowest BCUT2D eigenvalue weighted by Gasteiger charge is -2.17. The molecule has 2 heterocycles. The molecular formula is C21H24N2O2S2. The zero-order valence-electron chi connectivity index (χ0n) is 15.7. The number of aromatic amines is 1. The van der Waals surface area contributed by atoms with Gasteiger partial charge in [-0.1, -0.05) is 30.8 Å². The first-order valence-electron chi connectivity index (χ1n) is 9.47. The molecule has 1 N–H and O–H groups in total.